The van der Waals surface area contributed by atoms with E-state index >= 15 is 0 Å². The van der Waals surface area contributed by atoms with Gasteiger partial charge in [0.05, 0.1) is 12.1 Å². The van der Waals surface area contributed by atoms with Gasteiger partial charge in [-0.05, 0) is 23.8 Å². The number of aliphatic hydroxyl groups is 1. The molecule has 0 bridgehead atoms. The summed E-state index contributed by atoms with van der Waals surface area (Å²) in [4.78, 5) is 11.6. The Morgan fingerprint density at radius 3 is 3.06 bits per heavy atom. The Balaban J connectivity index is 2.32. The van der Waals surface area contributed by atoms with Gasteiger partial charge in [0.1, 0.15) is 5.69 Å². The fourth-order valence-electron chi connectivity index (χ4n) is 1.98. The molecule has 80 valence electrons. The monoisotopic (exact) mass is 214 g/mol. The number of Topliss-reactive ketones (excluding diaryl/α,β-unsaturated/α-hetero) is 1. The summed E-state index contributed by atoms with van der Waals surface area (Å²) in [6.45, 7) is 0.00761. The fourth-order valence-corrected chi connectivity index (χ4v) is 1.98. The van der Waals surface area contributed by atoms with E-state index in [4.69, 9.17) is 5.11 Å². The largest absolute Gasteiger partial charge is 0.392 e. The Labute approximate surface area is 91.8 Å². The van der Waals surface area contributed by atoms with E-state index < -0.39 is 0 Å². The molecule has 1 aromatic heterocycles. The molecule has 16 heavy (non-hydrogen) atoms. The molecule has 4 nitrogen and oxygen atoms in total. The molecule has 1 aliphatic heterocycles. The lowest BCUT2D eigenvalue weighted by Crippen LogP contribution is -2.11. The zero-order valence-electron chi connectivity index (χ0n) is 8.55. The van der Waals surface area contributed by atoms with Gasteiger partial charge in [-0.2, -0.15) is 5.10 Å². The highest BCUT2D eigenvalue weighted by Gasteiger charge is 2.17. The maximum atomic E-state index is 11.6. The summed E-state index contributed by atoms with van der Waals surface area (Å²) in [6, 6.07) is 7.42. The second-order valence-electron chi connectivity index (χ2n) is 3.82. The van der Waals surface area contributed by atoms with E-state index in [1.54, 1.807) is 10.9 Å². The number of hydrogen-bond acceptors (Lipinski definition) is 3. The highest BCUT2D eigenvalue weighted by Crippen LogP contribution is 2.23. The highest BCUT2D eigenvalue weighted by molar-refractivity contribution is 6.07. The number of aliphatic hydroxyl groups excluding tert-OH is 1. The van der Waals surface area contributed by atoms with Crippen molar-refractivity contribution in [2.24, 2.45) is 5.10 Å². The first-order valence-electron chi connectivity index (χ1n) is 5.11. The summed E-state index contributed by atoms with van der Waals surface area (Å²) in [5.41, 5.74) is 2.36. The Morgan fingerprint density at radius 1 is 1.38 bits per heavy atom. The van der Waals surface area contributed by atoms with Crippen LogP contribution in [-0.2, 0) is 6.61 Å². The van der Waals surface area contributed by atoms with Crippen molar-refractivity contribution in [1.82, 2.24) is 4.68 Å². The van der Waals surface area contributed by atoms with Gasteiger partial charge in [-0.25, -0.2) is 4.68 Å². The lowest BCUT2D eigenvalue weighted by molar-refractivity contribution is 0.0990. The molecule has 0 saturated heterocycles. The molecule has 1 aromatic carbocycles. The van der Waals surface area contributed by atoms with Gasteiger partial charge in [0.25, 0.3) is 0 Å². The number of carbonyl (C=O) groups excluding carboxylic acids is 1. The lowest BCUT2D eigenvalue weighted by atomic mass is 10.1. The van der Waals surface area contributed by atoms with E-state index in [1.807, 2.05) is 24.3 Å². The van der Waals surface area contributed by atoms with Gasteiger partial charge in [-0.3, -0.25) is 4.79 Å². The average molecular weight is 214 g/mol. The maximum Gasteiger partial charge on any atom is 0.186 e. The van der Waals surface area contributed by atoms with Crippen LogP contribution >= 0.6 is 0 Å². The Kier molecular flexibility index (Phi) is 1.91. The van der Waals surface area contributed by atoms with E-state index in [9.17, 15) is 4.79 Å². The van der Waals surface area contributed by atoms with Crippen LogP contribution in [0.5, 0.6) is 0 Å². The molecular formula is C12H10N2O2. The summed E-state index contributed by atoms with van der Waals surface area (Å²) in [5.74, 6) is 0.0803. The summed E-state index contributed by atoms with van der Waals surface area (Å²) in [7, 11) is 0. The van der Waals surface area contributed by atoms with Crippen LogP contribution in [0.4, 0.5) is 0 Å². The van der Waals surface area contributed by atoms with Crippen LogP contribution in [0, 0.1) is 0 Å². The van der Waals surface area contributed by atoms with Crippen molar-refractivity contribution in [2.45, 2.75) is 13.0 Å². The minimum Gasteiger partial charge on any atom is -0.392 e. The summed E-state index contributed by atoms with van der Waals surface area (Å²) in [5, 5.41) is 14.2. The first-order valence-corrected chi connectivity index (χ1v) is 5.11. The molecule has 0 fully saturated rings. The fraction of sp³-hybridized carbons (Fsp3) is 0.167. The summed E-state index contributed by atoms with van der Waals surface area (Å²) >= 11 is 0. The first kappa shape index (κ1) is 9.30. The van der Waals surface area contributed by atoms with Crippen LogP contribution in [0.2, 0.25) is 0 Å². The Hall–Kier alpha value is -1.94. The molecule has 0 spiro atoms. The lowest BCUT2D eigenvalue weighted by Gasteiger charge is -2.06. The van der Waals surface area contributed by atoms with Gasteiger partial charge < -0.3 is 5.11 Å². The van der Waals surface area contributed by atoms with E-state index in [2.05, 4.69) is 5.10 Å². The minimum absolute atomic E-state index is 0.00761. The smallest absolute Gasteiger partial charge is 0.186 e. The van der Waals surface area contributed by atoms with Crippen LogP contribution in [-0.4, -0.2) is 21.8 Å². The number of benzene rings is 1. The maximum absolute atomic E-state index is 11.6. The number of rotatable bonds is 1. The normalized spacial score (nSPS) is 14.4. The molecule has 0 unspecified atom stereocenters. The Morgan fingerprint density at radius 2 is 2.25 bits per heavy atom. The number of nitrogens with zero attached hydrogens (tertiary/aromatic N) is 2. The molecule has 0 aliphatic carbocycles. The molecule has 0 radical (unpaired) electrons. The molecule has 1 N–H and O–H groups in total. The molecule has 0 atom stereocenters. The minimum atomic E-state index is 0.00761. The van der Waals surface area contributed by atoms with Gasteiger partial charge in [0.15, 0.2) is 5.78 Å². The molecule has 0 amide bonds. The van der Waals surface area contributed by atoms with Gasteiger partial charge in [-0.15, -0.1) is 0 Å². The summed E-state index contributed by atoms with van der Waals surface area (Å²) < 4.78 is 1.66. The number of hydrogen-bond donors (Lipinski definition) is 1. The van der Waals surface area contributed by atoms with E-state index in [-0.39, 0.29) is 12.4 Å². The molecular weight excluding hydrogens is 204 g/mol. The third kappa shape index (κ3) is 1.20. The van der Waals surface area contributed by atoms with E-state index in [1.165, 1.54) is 0 Å². The Bertz CT molecular complexity index is 611. The van der Waals surface area contributed by atoms with Gasteiger partial charge in [0, 0.05) is 18.0 Å². The van der Waals surface area contributed by atoms with Crippen LogP contribution in [0.3, 0.4) is 0 Å². The van der Waals surface area contributed by atoms with Crippen molar-refractivity contribution >= 4 is 22.9 Å². The molecule has 4 heteroatoms. The van der Waals surface area contributed by atoms with Crippen LogP contribution in [0.15, 0.2) is 29.4 Å². The number of fused-ring (bicyclic) bond motifs is 3. The van der Waals surface area contributed by atoms with E-state index in [0.29, 0.717) is 12.1 Å². The zero-order valence-corrected chi connectivity index (χ0v) is 8.55. The van der Waals surface area contributed by atoms with Crippen molar-refractivity contribution in [1.29, 1.82) is 0 Å². The van der Waals surface area contributed by atoms with Crippen molar-refractivity contribution in [3.8, 4) is 0 Å². The predicted molar refractivity (Wildman–Crippen MR) is 60.7 cm³/mol. The van der Waals surface area contributed by atoms with Gasteiger partial charge in [-0.1, -0.05) is 6.07 Å². The topological polar surface area (TPSA) is 54.6 Å². The first-order chi connectivity index (χ1) is 7.79. The average Bonchev–Trinajstić information content (AvgIpc) is 2.68. The molecule has 1 aliphatic rings. The predicted octanol–water partition coefficient (Wildman–Crippen LogP) is 1.55. The van der Waals surface area contributed by atoms with Crippen LogP contribution in [0.25, 0.3) is 10.9 Å². The van der Waals surface area contributed by atoms with Crippen molar-refractivity contribution in [3.05, 3.63) is 35.5 Å². The van der Waals surface area contributed by atoms with Crippen molar-refractivity contribution < 1.29 is 9.90 Å². The zero-order chi connectivity index (χ0) is 11.1. The van der Waals surface area contributed by atoms with Crippen molar-refractivity contribution in [3.63, 3.8) is 0 Å². The van der Waals surface area contributed by atoms with Crippen LogP contribution < -0.4 is 0 Å². The van der Waals surface area contributed by atoms with Gasteiger partial charge in [0.2, 0.25) is 0 Å². The van der Waals surface area contributed by atoms with Gasteiger partial charge >= 0.3 is 0 Å². The number of ketones is 1. The SMILES string of the molecule is O=C1CC=Nn2c1cc1cc(CO)ccc12. The van der Waals surface area contributed by atoms with Crippen molar-refractivity contribution in [2.75, 3.05) is 0 Å². The quantitative estimate of drug-likeness (QED) is 0.783. The second kappa shape index (κ2) is 3.28. The molecule has 0 saturated carbocycles. The molecule has 2 heterocycles. The standard InChI is InChI=1S/C12H10N2O2/c15-7-8-1-2-10-9(5-8)6-11-12(16)3-4-13-14(10)11/h1-2,4-6,15H,3,7H2. The molecule has 3 rings (SSSR count). The summed E-state index contributed by atoms with van der Waals surface area (Å²) in [6.07, 6.45) is 1.98. The highest BCUT2D eigenvalue weighted by atomic mass is 16.3. The van der Waals surface area contributed by atoms with E-state index in [0.717, 1.165) is 16.5 Å². The second-order valence-corrected chi connectivity index (χ2v) is 3.82. The number of aromatic nitrogens is 1. The number of carbonyl (C=O) groups is 1. The third-order valence-corrected chi connectivity index (χ3v) is 2.78. The molecule has 2 aromatic rings. The third-order valence-electron chi connectivity index (χ3n) is 2.78. The van der Waals surface area contributed by atoms with Crippen LogP contribution in [0.1, 0.15) is 22.5 Å².